The summed E-state index contributed by atoms with van der Waals surface area (Å²) < 4.78 is 7.91. The third-order valence-electron chi connectivity index (χ3n) is 4.81. The van der Waals surface area contributed by atoms with Crippen LogP contribution in [0.25, 0.3) is 0 Å². The minimum Gasteiger partial charge on any atom is -0.476 e. The summed E-state index contributed by atoms with van der Waals surface area (Å²) in [6.45, 7) is 4.71. The molecule has 1 aromatic rings. The molecule has 2 heterocycles. The van der Waals surface area contributed by atoms with E-state index in [2.05, 4.69) is 10.3 Å². The number of hydrogen-bond donors (Lipinski definition) is 1. The first-order chi connectivity index (χ1) is 10.0. The predicted octanol–water partition coefficient (Wildman–Crippen LogP) is 2.76. The van der Waals surface area contributed by atoms with E-state index in [4.69, 9.17) is 4.74 Å². The third-order valence-corrected chi connectivity index (χ3v) is 4.81. The number of nitrogens with zero attached hydrogens (tertiary/aromatic N) is 3. The average Bonchev–Trinajstić information content (AvgIpc) is 3.05. The smallest absolute Gasteiger partial charge is 0.358 e. The molecule has 1 atom stereocenters. The molecule has 6 nitrogen and oxygen atoms in total. The number of hydrogen-bond acceptors (Lipinski definition) is 4. The van der Waals surface area contributed by atoms with Gasteiger partial charge in [-0.15, -0.1) is 5.10 Å². The lowest BCUT2D eigenvalue weighted by Crippen LogP contribution is -2.38. The van der Waals surface area contributed by atoms with E-state index >= 15 is 0 Å². The Kier molecular flexibility index (Phi) is 3.73. The van der Waals surface area contributed by atoms with E-state index in [9.17, 15) is 9.90 Å². The Hall–Kier alpha value is -1.43. The van der Waals surface area contributed by atoms with Gasteiger partial charge in [0.25, 0.3) is 0 Å². The summed E-state index contributed by atoms with van der Waals surface area (Å²) in [5.41, 5.74) is 0.825. The number of ether oxygens (including phenoxy) is 1. The highest BCUT2D eigenvalue weighted by Gasteiger charge is 2.41. The molecule has 1 saturated carbocycles. The number of aromatic carboxylic acids is 1. The Morgan fingerprint density at radius 1 is 1.43 bits per heavy atom. The fourth-order valence-corrected chi connectivity index (χ4v) is 3.84. The van der Waals surface area contributed by atoms with Gasteiger partial charge >= 0.3 is 5.97 Å². The number of aromatic nitrogens is 3. The van der Waals surface area contributed by atoms with E-state index in [0.29, 0.717) is 0 Å². The van der Waals surface area contributed by atoms with Gasteiger partial charge in [0.05, 0.1) is 17.3 Å². The molecule has 1 saturated heterocycles. The first kappa shape index (κ1) is 14.5. The molecule has 1 spiro atoms. The minimum absolute atomic E-state index is 0.00744. The van der Waals surface area contributed by atoms with E-state index in [-0.39, 0.29) is 23.3 Å². The zero-order valence-electron chi connectivity index (χ0n) is 12.7. The molecular weight excluding hydrogens is 270 g/mol. The highest BCUT2D eigenvalue weighted by Crippen LogP contribution is 2.44. The Bertz CT molecular complexity index is 532. The summed E-state index contributed by atoms with van der Waals surface area (Å²) in [7, 11) is 0. The molecule has 0 radical (unpaired) electrons. The van der Waals surface area contributed by atoms with Crippen LogP contribution in [0.15, 0.2) is 0 Å². The van der Waals surface area contributed by atoms with Crippen molar-refractivity contribution in [2.45, 2.75) is 69.9 Å². The second-order valence-corrected chi connectivity index (χ2v) is 6.61. The van der Waals surface area contributed by atoms with Crippen molar-refractivity contribution in [3.63, 3.8) is 0 Å². The van der Waals surface area contributed by atoms with Gasteiger partial charge in [-0.1, -0.05) is 31.9 Å². The van der Waals surface area contributed by atoms with Gasteiger partial charge in [-0.25, -0.2) is 9.48 Å². The predicted molar refractivity (Wildman–Crippen MR) is 76.5 cm³/mol. The lowest BCUT2D eigenvalue weighted by atomic mass is 9.88. The fraction of sp³-hybridized carbons (Fsp3) is 0.800. The van der Waals surface area contributed by atoms with Crippen LogP contribution in [0.2, 0.25) is 0 Å². The molecule has 21 heavy (non-hydrogen) atoms. The minimum atomic E-state index is -0.993. The van der Waals surface area contributed by atoms with Crippen molar-refractivity contribution in [3.8, 4) is 0 Å². The van der Waals surface area contributed by atoms with Gasteiger partial charge in [0.1, 0.15) is 0 Å². The van der Waals surface area contributed by atoms with Crippen LogP contribution in [0.3, 0.4) is 0 Å². The summed E-state index contributed by atoms with van der Waals surface area (Å²) in [6, 6.07) is 0.204. The lowest BCUT2D eigenvalue weighted by molar-refractivity contribution is -0.0915. The maximum absolute atomic E-state index is 11.3. The monoisotopic (exact) mass is 293 g/mol. The zero-order valence-corrected chi connectivity index (χ0v) is 12.7. The Balaban J connectivity index is 1.91. The number of rotatable bonds is 3. The molecule has 116 valence electrons. The number of carboxylic acids is 1. The molecular formula is C15H23N3O3. The second-order valence-electron chi connectivity index (χ2n) is 6.61. The van der Waals surface area contributed by atoms with Gasteiger partial charge in [0, 0.05) is 6.61 Å². The van der Waals surface area contributed by atoms with Crippen LogP contribution in [0, 0.1) is 0 Å². The molecule has 0 aromatic carbocycles. The molecule has 1 N–H and O–H groups in total. The maximum Gasteiger partial charge on any atom is 0.358 e. The van der Waals surface area contributed by atoms with E-state index < -0.39 is 5.97 Å². The fourth-order valence-electron chi connectivity index (χ4n) is 3.84. The van der Waals surface area contributed by atoms with Gasteiger partial charge in [-0.3, -0.25) is 0 Å². The van der Waals surface area contributed by atoms with Crippen LogP contribution < -0.4 is 0 Å². The second kappa shape index (κ2) is 5.40. The summed E-state index contributed by atoms with van der Waals surface area (Å²) in [6.07, 6.45) is 6.48. The van der Waals surface area contributed by atoms with Gasteiger partial charge in [-0.2, -0.15) is 0 Å². The van der Waals surface area contributed by atoms with Gasteiger partial charge in [0.2, 0.25) is 0 Å². The van der Waals surface area contributed by atoms with Crippen molar-refractivity contribution in [2.75, 3.05) is 6.61 Å². The molecule has 1 aliphatic carbocycles. The van der Waals surface area contributed by atoms with Gasteiger partial charge in [-0.05, 0) is 31.6 Å². The summed E-state index contributed by atoms with van der Waals surface area (Å²) in [5.74, 6) is -0.902. The highest BCUT2D eigenvalue weighted by molar-refractivity contribution is 5.86. The SMILES string of the molecule is CC(C)c1c(C(=O)O)nnn1C1CCOC2(CCCC2)C1. The van der Waals surface area contributed by atoms with Crippen molar-refractivity contribution >= 4 is 5.97 Å². The van der Waals surface area contributed by atoms with Crippen LogP contribution >= 0.6 is 0 Å². The average molecular weight is 293 g/mol. The summed E-state index contributed by atoms with van der Waals surface area (Å²) in [5, 5.41) is 17.4. The molecule has 0 amide bonds. The van der Waals surface area contributed by atoms with Crippen LogP contribution in [-0.4, -0.2) is 38.3 Å². The maximum atomic E-state index is 11.3. The van der Waals surface area contributed by atoms with Crippen molar-refractivity contribution in [1.82, 2.24) is 15.0 Å². The molecule has 6 heteroatoms. The van der Waals surface area contributed by atoms with Crippen LogP contribution in [0.4, 0.5) is 0 Å². The quantitative estimate of drug-likeness (QED) is 0.927. The van der Waals surface area contributed by atoms with Crippen molar-refractivity contribution in [3.05, 3.63) is 11.4 Å². The van der Waals surface area contributed by atoms with Gasteiger partial charge < -0.3 is 9.84 Å². The first-order valence-corrected chi connectivity index (χ1v) is 7.85. The largest absolute Gasteiger partial charge is 0.476 e. The molecule has 1 unspecified atom stereocenters. The standard InChI is InChI=1S/C15H23N3O3/c1-10(2)13-12(14(19)20)16-17-18(13)11-5-8-21-15(9-11)6-3-4-7-15/h10-11H,3-9H2,1-2H3,(H,19,20). The highest BCUT2D eigenvalue weighted by atomic mass is 16.5. The van der Waals surface area contributed by atoms with Crippen LogP contribution in [0.1, 0.15) is 80.5 Å². The molecule has 0 bridgehead atoms. The van der Waals surface area contributed by atoms with E-state index in [1.54, 1.807) is 0 Å². The van der Waals surface area contributed by atoms with Crippen LogP contribution in [0.5, 0.6) is 0 Å². The molecule has 3 rings (SSSR count). The Labute approximate surface area is 124 Å². The van der Waals surface area contributed by atoms with Crippen molar-refractivity contribution in [1.29, 1.82) is 0 Å². The summed E-state index contributed by atoms with van der Waals surface area (Å²) >= 11 is 0. The van der Waals surface area contributed by atoms with E-state index in [0.717, 1.165) is 38.0 Å². The normalized spacial score (nSPS) is 24.8. The van der Waals surface area contributed by atoms with E-state index in [1.807, 2.05) is 18.5 Å². The molecule has 1 aliphatic heterocycles. The summed E-state index contributed by atoms with van der Waals surface area (Å²) in [4.78, 5) is 11.3. The number of carboxylic acid groups (broad SMARTS) is 1. The number of carbonyl (C=O) groups is 1. The molecule has 2 fully saturated rings. The Morgan fingerprint density at radius 3 is 2.76 bits per heavy atom. The third kappa shape index (κ3) is 2.57. The first-order valence-electron chi connectivity index (χ1n) is 7.85. The van der Waals surface area contributed by atoms with Crippen molar-refractivity contribution < 1.29 is 14.6 Å². The molecule has 1 aromatic heterocycles. The molecule has 2 aliphatic rings. The van der Waals surface area contributed by atoms with Crippen LogP contribution in [-0.2, 0) is 4.74 Å². The Morgan fingerprint density at radius 2 is 2.14 bits per heavy atom. The van der Waals surface area contributed by atoms with E-state index in [1.165, 1.54) is 12.8 Å². The van der Waals surface area contributed by atoms with Gasteiger partial charge in [0.15, 0.2) is 5.69 Å². The van der Waals surface area contributed by atoms with Crippen molar-refractivity contribution in [2.24, 2.45) is 0 Å². The zero-order chi connectivity index (χ0) is 15.0. The topological polar surface area (TPSA) is 77.2 Å². The lowest BCUT2D eigenvalue weighted by Gasteiger charge is -2.38.